The minimum Gasteiger partial charge on any atom is -0.396 e. The Morgan fingerprint density at radius 3 is 1.12 bits per heavy atom. The first-order chi connectivity index (χ1) is 16.4. The van der Waals surface area contributed by atoms with Crippen LogP contribution in [0.1, 0.15) is 174 Å². The van der Waals surface area contributed by atoms with Crippen molar-refractivity contribution in [1.29, 1.82) is 0 Å². The molecular weight excluding hydrogens is 402 g/mol. The lowest BCUT2D eigenvalue weighted by Crippen LogP contribution is -2.07. The maximum Gasteiger partial charge on any atom is 0.0447 e. The van der Waals surface area contributed by atoms with Crippen LogP contribution in [0.3, 0.4) is 0 Å². The van der Waals surface area contributed by atoms with E-state index in [9.17, 15) is 0 Å². The molecule has 0 aliphatic rings. The van der Waals surface area contributed by atoms with Gasteiger partial charge in [-0.2, -0.15) is 0 Å². The highest BCUT2D eigenvalue weighted by Gasteiger charge is 1.96. The van der Waals surface area contributed by atoms with E-state index in [-0.39, 0.29) is 6.61 Å². The first-order valence-electron chi connectivity index (χ1n) is 15.4. The normalized spacial score (nSPS) is 11.6. The van der Waals surface area contributed by atoms with Crippen molar-refractivity contribution in [1.82, 2.24) is 5.32 Å². The Labute approximate surface area is 209 Å². The van der Waals surface area contributed by atoms with Crippen molar-refractivity contribution >= 4 is 0 Å². The molecule has 2 N–H and O–H groups in total. The van der Waals surface area contributed by atoms with Gasteiger partial charge in [0.15, 0.2) is 0 Å². The molecule has 0 rings (SSSR count). The average Bonchev–Trinajstić information content (AvgIpc) is 2.83. The van der Waals surface area contributed by atoms with E-state index in [0.717, 1.165) is 13.0 Å². The molecule has 0 aromatic heterocycles. The Morgan fingerprint density at radius 2 is 0.788 bits per heavy atom. The monoisotopic (exact) mass is 465 g/mol. The summed E-state index contributed by atoms with van der Waals surface area (Å²) in [5.41, 5.74) is 0. The van der Waals surface area contributed by atoms with Crippen LogP contribution in [0, 0.1) is 0 Å². The van der Waals surface area contributed by atoms with E-state index in [4.69, 9.17) is 5.11 Å². The van der Waals surface area contributed by atoms with Gasteiger partial charge in [-0.15, -0.1) is 0 Å². The molecule has 0 aromatic rings. The van der Waals surface area contributed by atoms with E-state index in [1.165, 1.54) is 161 Å². The Hall–Kier alpha value is -0.500. The zero-order valence-corrected chi connectivity index (χ0v) is 22.9. The molecule has 0 spiro atoms. The maximum absolute atomic E-state index is 8.70. The summed E-state index contributed by atoms with van der Waals surface area (Å²) >= 11 is 0. The molecule has 0 fully saturated rings. The molecule has 0 bridgehead atoms. The van der Waals surface area contributed by atoms with Crippen LogP contribution >= 0.6 is 0 Å². The highest BCUT2D eigenvalue weighted by Crippen LogP contribution is 2.15. The highest BCUT2D eigenvalue weighted by molar-refractivity contribution is 4.78. The van der Waals surface area contributed by atoms with Gasteiger partial charge in [0.1, 0.15) is 0 Å². The fraction of sp³-hybridized carbons (Fsp3) is 0.935. The molecule has 33 heavy (non-hydrogen) atoms. The number of hydrogen-bond donors (Lipinski definition) is 2. The number of aliphatic hydroxyl groups excluding tert-OH is 1. The summed E-state index contributed by atoms with van der Waals surface area (Å²) in [5.74, 6) is 0. The van der Waals surface area contributed by atoms with Gasteiger partial charge in [-0.1, -0.05) is 161 Å². The number of allylic oxidation sites excluding steroid dienone is 1. The minimum atomic E-state index is 0.278. The van der Waals surface area contributed by atoms with E-state index < -0.39 is 0 Å². The van der Waals surface area contributed by atoms with Gasteiger partial charge in [0.25, 0.3) is 0 Å². The van der Waals surface area contributed by atoms with Crippen molar-refractivity contribution in [2.75, 3.05) is 13.2 Å². The molecule has 2 nitrogen and oxygen atoms in total. The van der Waals surface area contributed by atoms with Gasteiger partial charge in [0.2, 0.25) is 0 Å². The van der Waals surface area contributed by atoms with Gasteiger partial charge in [-0.05, 0) is 25.5 Å². The third kappa shape index (κ3) is 31.5. The average molecular weight is 466 g/mol. The quantitative estimate of drug-likeness (QED) is 0.108. The number of unbranched alkanes of at least 4 members (excludes halogenated alkanes) is 24. The van der Waals surface area contributed by atoms with Gasteiger partial charge in [0, 0.05) is 13.2 Å². The second-order valence-electron chi connectivity index (χ2n) is 10.4. The molecule has 0 saturated heterocycles. The van der Waals surface area contributed by atoms with Gasteiger partial charge in [-0.25, -0.2) is 0 Å². The lowest BCUT2D eigenvalue weighted by Gasteiger charge is -2.04. The van der Waals surface area contributed by atoms with Crippen LogP contribution in [-0.2, 0) is 0 Å². The molecule has 0 aliphatic heterocycles. The van der Waals surface area contributed by atoms with Gasteiger partial charge < -0.3 is 10.4 Å². The van der Waals surface area contributed by atoms with Crippen molar-refractivity contribution in [3.63, 3.8) is 0 Å². The van der Waals surface area contributed by atoms with Gasteiger partial charge in [0.05, 0.1) is 0 Å². The van der Waals surface area contributed by atoms with E-state index in [1.54, 1.807) is 0 Å². The number of rotatable bonds is 29. The third-order valence-corrected chi connectivity index (χ3v) is 6.94. The molecule has 0 atom stereocenters. The molecular formula is C31H63NO. The predicted octanol–water partition coefficient (Wildman–Crippen LogP) is 10.2. The van der Waals surface area contributed by atoms with Crippen molar-refractivity contribution in [2.45, 2.75) is 174 Å². The van der Waals surface area contributed by atoms with E-state index in [2.05, 4.69) is 18.3 Å². The smallest absolute Gasteiger partial charge is 0.0447 e. The molecule has 0 radical (unpaired) electrons. The van der Waals surface area contributed by atoms with Crippen LogP contribution in [0.2, 0.25) is 0 Å². The Morgan fingerprint density at radius 1 is 0.455 bits per heavy atom. The van der Waals surface area contributed by atoms with Crippen LogP contribution < -0.4 is 5.32 Å². The van der Waals surface area contributed by atoms with Crippen molar-refractivity contribution in [2.24, 2.45) is 0 Å². The molecule has 198 valence electrons. The van der Waals surface area contributed by atoms with E-state index in [0.29, 0.717) is 0 Å². The zero-order chi connectivity index (χ0) is 23.9. The molecule has 0 unspecified atom stereocenters. The lowest BCUT2D eigenvalue weighted by molar-refractivity contribution is 0.288. The largest absolute Gasteiger partial charge is 0.396 e. The van der Waals surface area contributed by atoms with Crippen LogP contribution in [0.15, 0.2) is 12.3 Å². The first kappa shape index (κ1) is 32.5. The van der Waals surface area contributed by atoms with Crippen LogP contribution in [0.4, 0.5) is 0 Å². The molecule has 0 saturated carbocycles. The molecule has 0 aliphatic carbocycles. The number of nitrogens with one attached hydrogen (secondary N) is 1. The summed E-state index contributed by atoms with van der Waals surface area (Å²) in [4.78, 5) is 0. The van der Waals surface area contributed by atoms with Crippen LogP contribution in [-0.4, -0.2) is 18.3 Å². The fourth-order valence-corrected chi connectivity index (χ4v) is 4.66. The zero-order valence-electron chi connectivity index (χ0n) is 22.9. The summed E-state index contributed by atoms with van der Waals surface area (Å²) in [6.45, 7) is 3.46. The molecule has 0 aromatic carbocycles. The number of aliphatic hydroxyl groups is 1. The fourth-order valence-electron chi connectivity index (χ4n) is 4.66. The standard InChI is InChI=1S/C31H63NO/c1-2-3-4-5-6-7-8-9-10-11-12-13-14-15-16-17-18-19-20-21-22-23-24-25-26-27-29-32-30-28-31-33/h27,29,32-33H,2-26,28,30-31H2,1H3. The molecule has 0 amide bonds. The third-order valence-electron chi connectivity index (χ3n) is 6.94. The Kier molecular flexibility index (Phi) is 31.0. The predicted molar refractivity (Wildman–Crippen MR) is 150 cm³/mol. The van der Waals surface area contributed by atoms with Crippen molar-refractivity contribution < 1.29 is 5.11 Å². The summed E-state index contributed by atoms with van der Waals surface area (Å²) in [7, 11) is 0. The molecule has 0 heterocycles. The van der Waals surface area contributed by atoms with Crippen molar-refractivity contribution in [3.05, 3.63) is 12.3 Å². The molecule has 2 heteroatoms. The lowest BCUT2D eigenvalue weighted by atomic mass is 10.0. The van der Waals surface area contributed by atoms with Crippen LogP contribution in [0.25, 0.3) is 0 Å². The summed E-state index contributed by atoms with van der Waals surface area (Å²) < 4.78 is 0. The summed E-state index contributed by atoms with van der Waals surface area (Å²) in [6.07, 6.45) is 41.1. The Bertz CT molecular complexity index is 355. The Balaban J connectivity index is 3.02. The SMILES string of the molecule is CCCCCCCCCCCCCCCCCCCCCCCCCCC=CNCCCO. The maximum atomic E-state index is 8.70. The summed E-state index contributed by atoms with van der Waals surface area (Å²) in [6, 6.07) is 0. The minimum absolute atomic E-state index is 0.278. The van der Waals surface area contributed by atoms with E-state index >= 15 is 0 Å². The van der Waals surface area contributed by atoms with Gasteiger partial charge in [-0.3, -0.25) is 0 Å². The van der Waals surface area contributed by atoms with E-state index in [1.807, 2.05) is 6.20 Å². The van der Waals surface area contributed by atoms with Gasteiger partial charge >= 0.3 is 0 Å². The number of hydrogen-bond acceptors (Lipinski definition) is 2. The topological polar surface area (TPSA) is 32.3 Å². The highest BCUT2D eigenvalue weighted by atomic mass is 16.3. The second-order valence-corrected chi connectivity index (χ2v) is 10.4. The second kappa shape index (κ2) is 31.5. The van der Waals surface area contributed by atoms with Crippen molar-refractivity contribution in [3.8, 4) is 0 Å². The first-order valence-corrected chi connectivity index (χ1v) is 15.4. The van der Waals surface area contributed by atoms with Crippen LogP contribution in [0.5, 0.6) is 0 Å². The summed E-state index contributed by atoms with van der Waals surface area (Å²) in [5, 5.41) is 11.9.